The molecule has 0 atom stereocenters. The van der Waals surface area contributed by atoms with Crippen molar-refractivity contribution in [2.75, 3.05) is 18.2 Å². The number of nitrogens with one attached hydrogen (secondary N) is 1. The first-order chi connectivity index (χ1) is 14.6. The molecule has 12 heteroatoms. The Labute approximate surface area is 174 Å². The number of nitrogens with two attached hydrogens (primary N) is 1. The van der Waals surface area contributed by atoms with Crippen LogP contribution >= 0.6 is 11.8 Å². The molecule has 4 rings (SSSR count). The molecule has 152 valence electrons. The number of nitrogens with zero attached hydrogens (tertiary/aromatic N) is 7. The van der Waals surface area contributed by atoms with Gasteiger partial charge in [0.1, 0.15) is 17.4 Å². The van der Waals surface area contributed by atoms with Gasteiger partial charge in [0.15, 0.2) is 0 Å². The summed E-state index contributed by atoms with van der Waals surface area (Å²) in [5.74, 6) is 1.55. The average molecular weight is 425 g/mol. The van der Waals surface area contributed by atoms with E-state index in [0.717, 1.165) is 11.4 Å². The van der Waals surface area contributed by atoms with Crippen LogP contribution in [0.2, 0.25) is 0 Å². The van der Waals surface area contributed by atoms with Gasteiger partial charge >= 0.3 is 0 Å². The number of methoxy groups -OCH3 is 1. The van der Waals surface area contributed by atoms with Gasteiger partial charge in [0.2, 0.25) is 17.1 Å². The minimum absolute atomic E-state index is 0.0694. The fourth-order valence-electron chi connectivity index (χ4n) is 2.50. The van der Waals surface area contributed by atoms with Gasteiger partial charge in [-0.1, -0.05) is 11.8 Å². The Morgan fingerprint density at radius 3 is 2.57 bits per heavy atom. The Balaban J connectivity index is 1.48. The largest absolute Gasteiger partial charge is 0.497 e. The van der Waals surface area contributed by atoms with Gasteiger partial charge < -0.3 is 15.8 Å². The SMILES string of the molecule is COc1ccc(-n2nnnc2SCc2nc(N)nc(Nc3ccc(F)cc3)n2)cc1. The van der Waals surface area contributed by atoms with Crippen molar-refractivity contribution in [3.63, 3.8) is 0 Å². The molecule has 2 aromatic carbocycles. The second-order valence-electron chi connectivity index (χ2n) is 5.93. The van der Waals surface area contributed by atoms with E-state index in [-0.39, 0.29) is 17.7 Å². The monoisotopic (exact) mass is 425 g/mol. The Kier molecular flexibility index (Phi) is 5.66. The number of anilines is 3. The predicted molar refractivity (Wildman–Crippen MR) is 109 cm³/mol. The van der Waals surface area contributed by atoms with Gasteiger partial charge in [-0.25, -0.2) is 4.39 Å². The molecule has 30 heavy (non-hydrogen) atoms. The summed E-state index contributed by atoms with van der Waals surface area (Å²) in [6.07, 6.45) is 0. The highest BCUT2D eigenvalue weighted by atomic mass is 32.2. The molecule has 0 aliphatic rings. The fraction of sp³-hybridized carbons (Fsp3) is 0.111. The van der Waals surface area contributed by atoms with E-state index in [0.29, 0.717) is 22.4 Å². The predicted octanol–water partition coefficient (Wildman–Crippen LogP) is 2.61. The van der Waals surface area contributed by atoms with Crippen molar-refractivity contribution in [2.24, 2.45) is 0 Å². The van der Waals surface area contributed by atoms with Gasteiger partial charge in [0.25, 0.3) is 0 Å². The Bertz CT molecular complexity index is 1140. The van der Waals surface area contributed by atoms with Crippen LogP contribution < -0.4 is 15.8 Å². The van der Waals surface area contributed by atoms with Crippen LogP contribution in [-0.2, 0) is 5.75 Å². The summed E-state index contributed by atoms with van der Waals surface area (Å²) in [7, 11) is 1.60. The molecule has 0 spiro atoms. The number of ether oxygens (including phenoxy) is 1. The third-order valence-corrected chi connectivity index (χ3v) is 4.80. The smallest absolute Gasteiger partial charge is 0.232 e. The highest BCUT2D eigenvalue weighted by molar-refractivity contribution is 7.98. The molecular weight excluding hydrogens is 409 g/mol. The number of halogens is 1. The summed E-state index contributed by atoms with van der Waals surface area (Å²) in [6.45, 7) is 0. The van der Waals surface area contributed by atoms with Gasteiger partial charge in [0.05, 0.1) is 18.6 Å². The number of tetrazole rings is 1. The van der Waals surface area contributed by atoms with E-state index in [1.807, 2.05) is 24.3 Å². The van der Waals surface area contributed by atoms with Crippen LogP contribution in [-0.4, -0.2) is 42.3 Å². The van der Waals surface area contributed by atoms with E-state index in [1.54, 1.807) is 23.9 Å². The summed E-state index contributed by atoms with van der Waals surface area (Å²) < 4.78 is 19.8. The third-order valence-electron chi connectivity index (χ3n) is 3.89. The zero-order chi connectivity index (χ0) is 20.9. The van der Waals surface area contributed by atoms with Crippen molar-refractivity contribution in [1.82, 2.24) is 35.2 Å². The lowest BCUT2D eigenvalue weighted by Gasteiger charge is -2.08. The van der Waals surface area contributed by atoms with Gasteiger partial charge in [-0.3, -0.25) is 0 Å². The number of benzene rings is 2. The maximum Gasteiger partial charge on any atom is 0.232 e. The number of hydrogen-bond donors (Lipinski definition) is 2. The first-order valence-corrected chi connectivity index (χ1v) is 9.68. The topological polar surface area (TPSA) is 130 Å². The minimum atomic E-state index is -0.331. The van der Waals surface area contributed by atoms with Gasteiger partial charge in [0, 0.05) is 5.69 Å². The lowest BCUT2D eigenvalue weighted by molar-refractivity contribution is 0.414. The normalized spacial score (nSPS) is 10.7. The lowest BCUT2D eigenvalue weighted by Crippen LogP contribution is -2.07. The zero-order valence-electron chi connectivity index (χ0n) is 15.7. The second-order valence-corrected chi connectivity index (χ2v) is 6.87. The van der Waals surface area contributed by atoms with Gasteiger partial charge in [-0.2, -0.15) is 19.6 Å². The molecule has 0 aliphatic heterocycles. The molecule has 0 bridgehead atoms. The standard InChI is InChI=1S/C18H16FN9OS/c1-29-14-8-6-13(7-9-14)28-18(25-26-27-28)30-10-15-22-16(20)24-17(23-15)21-12-4-2-11(19)3-5-12/h2-9H,10H2,1H3,(H3,20,21,22,23,24). The van der Waals surface area contributed by atoms with Crippen LogP contribution in [0.3, 0.4) is 0 Å². The third kappa shape index (κ3) is 4.60. The van der Waals surface area contributed by atoms with E-state index in [9.17, 15) is 4.39 Å². The summed E-state index contributed by atoms with van der Waals surface area (Å²) in [4.78, 5) is 12.6. The first-order valence-electron chi connectivity index (χ1n) is 8.69. The number of thioether (sulfide) groups is 1. The van der Waals surface area contributed by atoms with Crippen LogP contribution in [0.15, 0.2) is 53.7 Å². The molecule has 4 aromatic rings. The fourth-order valence-corrected chi connectivity index (χ4v) is 3.25. The van der Waals surface area contributed by atoms with Crippen molar-refractivity contribution in [3.05, 3.63) is 60.2 Å². The van der Waals surface area contributed by atoms with Crippen molar-refractivity contribution in [2.45, 2.75) is 10.9 Å². The summed E-state index contributed by atoms with van der Waals surface area (Å²) in [5, 5.41) is 15.4. The minimum Gasteiger partial charge on any atom is -0.497 e. The highest BCUT2D eigenvalue weighted by Crippen LogP contribution is 2.23. The molecule has 0 radical (unpaired) electrons. The molecule has 2 aromatic heterocycles. The molecule has 3 N–H and O–H groups in total. The van der Waals surface area contributed by atoms with Gasteiger partial charge in [-0.15, -0.1) is 5.10 Å². The molecule has 0 amide bonds. The zero-order valence-corrected chi connectivity index (χ0v) is 16.5. The van der Waals surface area contributed by atoms with Crippen LogP contribution in [0, 0.1) is 5.82 Å². The summed E-state index contributed by atoms with van der Waals surface area (Å²) >= 11 is 1.35. The maximum absolute atomic E-state index is 13.1. The first kappa shape index (κ1) is 19.5. The number of aromatic nitrogens is 7. The molecule has 0 fully saturated rings. The highest BCUT2D eigenvalue weighted by Gasteiger charge is 2.12. The number of nitrogen functional groups attached to an aromatic ring is 1. The molecule has 0 saturated heterocycles. The molecule has 10 nitrogen and oxygen atoms in total. The van der Waals surface area contributed by atoms with Crippen LogP contribution in [0.25, 0.3) is 5.69 Å². The van der Waals surface area contributed by atoms with Crippen molar-refractivity contribution < 1.29 is 9.13 Å². The van der Waals surface area contributed by atoms with Crippen LogP contribution in [0.1, 0.15) is 5.82 Å². The lowest BCUT2D eigenvalue weighted by atomic mass is 10.3. The molecule has 0 aliphatic carbocycles. The van der Waals surface area contributed by atoms with Crippen molar-refractivity contribution >= 4 is 29.3 Å². The van der Waals surface area contributed by atoms with E-state index in [4.69, 9.17) is 10.5 Å². The van der Waals surface area contributed by atoms with E-state index >= 15 is 0 Å². The average Bonchev–Trinajstić information content (AvgIpc) is 3.22. The van der Waals surface area contributed by atoms with Gasteiger partial charge in [-0.05, 0) is 59.0 Å². The Morgan fingerprint density at radius 1 is 1.07 bits per heavy atom. The molecule has 0 saturated carbocycles. The van der Waals surface area contributed by atoms with Crippen LogP contribution in [0.5, 0.6) is 5.75 Å². The Hall–Kier alpha value is -3.80. The quantitative estimate of drug-likeness (QED) is 0.426. The molecule has 2 heterocycles. The van der Waals surface area contributed by atoms with E-state index in [1.165, 1.54) is 23.9 Å². The van der Waals surface area contributed by atoms with E-state index < -0.39 is 0 Å². The van der Waals surface area contributed by atoms with Crippen molar-refractivity contribution in [3.8, 4) is 11.4 Å². The molecular formula is C18H16FN9OS. The summed E-state index contributed by atoms with van der Waals surface area (Å²) in [5.41, 5.74) is 7.22. The second kappa shape index (κ2) is 8.69. The van der Waals surface area contributed by atoms with Crippen molar-refractivity contribution in [1.29, 1.82) is 0 Å². The number of hydrogen-bond acceptors (Lipinski definition) is 10. The number of rotatable bonds is 7. The molecule has 0 unspecified atom stereocenters. The maximum atomic E-state index is 13.1. The Morgan fingerprint density at radius 2 is 1.83 bits per heavy atom. The van der Waals surface area contributed by atoms with E-state index in [2.05, 4.69) is 35.8 Å². The van der Waals surface area contributed by atoms with Crippen LogP contribution in [0.4, 0.5) is 22.0 Å². The summed E-state index contributed by atoms with van der Waals surface area (Å²) in [6, 6.07) is 13.2.